The Kier molecular flexibility index (Phi) is 7.48. The van der Waals surface area contributed by atoms with Gasteiger partial charge in [0, 0.05) is 19.5 Å². The number of carboxylic acid groups (broad SMARTS) is 1. The fraction of sp³-hybridized carbons (Fsp3) is 0.467. The summed E-state index contributed by atoms with van der Waals surface area (Å²) in [7, 11) is 0. The number of carbonyl (C=O) groups is 2. The number of nitrogens with zero attached hydrogens (tertiary/aromatic N) is 1. The van der Waals surface area contributed by atoms with Crippen molar-refractivity contribution in [1.29, 1.82) is 0 Å². The molecule has 7 heteroatoms. The molecule has 122 valence electrons. The van der Waals surface area contributed by atoms with E-state index >= 15 is 0 Å². The molecule has 1 fully saturated rings. The van der Waals surface area contributed by atoms with Crippen molar-refractivity contribution in [2.75, 3.05) is 13.1 Å². The summed E-state index contributed by atoms with van der Waals surface area (Å²) in [5.41, 5.74) is 0. The number of likely N-dealkylation sites (tertiary alicyclic amines) is 1. The van der Waals surface area contributed by atoms with Gasteiger partial charge in [-0.2, -0.15) is 0 Å². The summed E-state index contributed by atoms with van der Waals surface area (Å²) in [4.78, 5) is 23.7. The van der Waals surface area contributed by atoms with Crippen LogP contribution in [-0.4, -0.2) is 40.1 Å². The zero-order valence-electron chi connectivity index (χ0n) is 12.3. The number of aromatic hydroxyl groups is 1. The molecule has 0 saturated carbocycles. The van der Waals surface area contributed by atoms with E-state index in [0.29, 0.717) is 10.0 Å². The van der Waals surface area contributed by atoms with E-state index < -0.39 is 11.9 Å². The van der Waals surface area contributed by atoms with Crippen molar-refractivity contribution in [2.24, 2.45) is 5.92 Å². The van der Waals surface area contributed by atoms with E-state index in [-0.39, 0.29) is 18.1 Å². The van der Waals surface area contributed by atoms with E-state index in [2.05, 4.69) is 0 Å². The summed E-state index contributed by atoms with van der Waals surface area (Å²) in [6, 6.07) is 4.41. The highest BCUT2D eigenvalue weighted by Crippen LogP contribution is 2.25. The first-order valence-electron chi connectivity index (χ1n) is 6.96. The van der Waals surface area contributed by atoms with Crippen LogP contribution in [0.4, 0.5) is 0 Å². The number of phenols is 1. The van der Waals surface area contributed by atoms with Gasteiger partial charge in [0.05, 0.1) is 16.0 Å². The van der Waals surface area contributed by atoms with Crippen LogP contribution in [0.25, 0.3) is 0 Å². The second-order valence-corrected chi connectivity index (χ2v) is 5.94. The molecule has 2 N–H and O–H groups in total. The quantitative estimate of drug-likeness (QED) is 0.877. The predicted octanol–water partition coefficient (Wildman–Crippen LogP) is 3.42. The van der Waals surface area contributed by atoms with Crippen LogP contribution in [0, 0.1) is 5.92 Å². The maximum atomic E-state index is 11.4. The fourth-order valence-corrected chi connectivity index (χ4v) is 2.22. The minimum absolute atomic E-state index is 0.0209. The summed E-state index contributed by atoms with van der Waals surface area (Å²) in [6.07, 6.45) is 2.23. The summed E-state index contributed by atoms with van der Waals surface area (Å²) in [5.74, 6) is -1.35. The van der Waals surface area contributed by atoms with Crippen LogP contribution < -0.4 is 0 Å². The molecule has 1 saturated heterocycles. The SMILES string of the molecule is CC(CC(=O)N1CCCC1)C(=O)O.Oc1ccc(Cl)c(Cl)c1. The Balaban J connectivity index is 0.000000235. The van der Waals surface area contributed by atoms with Crippen molar-refractivity contribution in [1.82, 2.24) is 4.90 Å². The Bertz CT molecular complexity index is 530. The standard InChI is InChI=1S/C9H15NO3.C6H4Cl2O/c1-7(9(12)13)6-8(11)10-4-2-3-5-10;7-5-2-1-4(9)3-6(5)8/h7H,2-6H2,1H3,(H,12,13);1-3,9H. The third-order valence-electron chi connectivity index (χ3n) is 3.26. The van der Waals surface area contributed by atoms with E-state index in [1.165, 1.54) is 12.1 Å². The van der Waals surface area contributed by atoms with Crippen molar-refractivity contribution in [2.45, 2.75) is 26.2 Å². The Labute approximate surface area is 139 Å². The number of phenolic OH excluding ortho intramolecular Hbond substituents is 1. The molecule has 0 aliphatic carbocycles. The second-order valence-electron chi connectivity index (χ2n) is 5.13. The van der Waals surface area contributed by atoms with Crippen LogP contribution in [0.1, 0.15) is 26.2 Å². The molecular weight excluding hydrogens is 329 g/mol. The molecule has 1 aromatic carbocycles. The zero-order chi connectivity index (χ0) is 16.7. The average Bonchev–Trinajstić information content (AvgIpc) is 2.98. The third kappa shape index (κ3) is 6.12. The molecule has 1 aliphatic rings. The normalized spacial score (nSPS) is 15.0. The van der Waals surface area contributed by atoms with E-state index in [1.54, 1.807) is 17.9 Å². The first-order chi connectivity index (χ1) is 10.3. The minimum Gasteiger partial charge on any atom is -0.508 e. The highest BCUT2D eigenvalue weighted by atomic mass is 35.5. The molecule has 0 aromatic heterocycles. The van der Waals surface area contributed by atoms with Gasteiger partial charge in [0.2, 0.25) is 5.91 Å². The summed E-state index contributed by atoms with van der Waals surface area (Å²) >= 11 is 11.1. The first kappa shape index (κ1) is 18.6. The van der Waals surface area contributed by atoms with Crippen molar-refractivity contribution >= 4 is 35.1 Å². The van der Waals surface area contributed by atoms with Crippen LogP contribution in [0.5, 0.6) is 5.75 Å². The highest BCUT2D eigenvalue weighted by molar-refractivity contribution is 6.42. The largest absolute Gasteiger partial charge is 0.508 e. The Morgan fingerprint density at radius 2 is 1.82 bits per heavy atom. The molecular formula is C15H19Cl2NO4. The number of rotatable bonds is 3. The second kappa shape index (κ2) is 8.86. The zero-order valence-corrected chi connectivity index (χ0v) is 13.8. The lowest BCUT2D eigenvalue weighted by atomic mass is 10.1. The number of benzene rings is 1. The first-order valence-corrected chi connectivity index (χ1v) is 7.71. The van der Waals surface area contributed by atoms with E-state index in [4.69, 9.17) is 33.4 Å². The van der Waals surface area contributed by atoms with Crippen LogP contribution in [0.2, 0.25) is 10.0 Å². The molecule has 1 aromatic rings. The van der Waals surface area contributed by atoms with Gasteiger partial charge in [-0.15, -0.1) is 0 Å². The Morgan fingerprint density at radius 1 is 1.23 bits per heavy atom. The van der Waals surface area contributed by atoms with Crippen LogP contribution in [0.3, 0.4) is 0 Å². The summed E-state index contributed by atoms with van der Waals surface area (Å²) < 4.78 is 0. The Hall–Kier alpha value is -1.46. The molecule has 1 unspecified atom stereocenters. The molecule has 2 rings (SSSR count). The van der Waals surface area contributed by atoms with Gasteiger partial charge in [-0.1, -0.05) is 30.1 Å². The number of hydrogen-bond acceptors (Lipinski definition) is 3. The summed E-state index contributed by atoms with van der Waals surface area (Å²) in [6.45, 7) is 3.16. The maximum absolute atomic E-state index is 11.4. The van der Waals surface area contributed by atoms with Crippen molar-refractivity contribution < 1.29 is 19.8 Å². The van der Waals surface area contributed by atoms with Gasteiger partial charge in [0.15, 0.2) is 0 Å². The van der Waals surface area contributed by atoms with E-state index in [0.717, 1.165) is 25.9 Å². The summed E-state index contributed by atoms with van der Waals surface area (Å²) in [5, 5.41) is 18.2. The minimum atomic E-state index is -0.896. The van der Waals surface area contributed by atoms with E-state index in [1.807, 2.05) is 0 Å². The number of hydrogen-bond donors (Lipinski definition) is 2. The number of aliphatic carboxylic acids is 1. The van der Waals surface area contributed by atoms with Crippen LogP contribution >= 0.6 is 23.2 Å². The lowest BCUT2D eigenvalue weighted by molar-refractivity contribution is -0.145. The van der Waals surface area contributed by atoms with Crippen molar-refractivity contribution in [3.8, 4) is 5.75 Å². The fourth-order valence-electron chi connectivity index (χ4n) is 1.93. The van der Waals surface area contributed by atoms with Gasteiger partial charge >= 0.3 is 5.97 Å². The van der Waals surface area contributed by atoms with Gasteiger partial charge < -0.3 is 15.1 Å². The Morgan fingerprint density at radius 3 is 2.27 bits per heavy atom. The maximum Gasteiger partial charge on any atom is 0.306 e. The van der Waals surface area contributed by atoms with E-state index in [9.17, 15) is 9.59 Å². The van der Waals surface area contributed by atoms with Gasteiger partial charge in [-0.05, 0) is 31.0 Å². The molecule has 1 atom stereocenters. The molecule has 1 aliphatic heterocycles. The van der Waals surface area contributed by atoms with Crippen LogP contribution in [-0.2, 0) is 9.59 Å². The molecule has 5 nitrogen and oxygen atoms in total. The smallest absolute Gasteiger partial charge is 0.306 e. The molecule has 0 bridgehead atoms. The number of carboxylic acids is 1. The predicted molar refractivity (Wildman–Crippen MR) is 85.4 cm³/mol. The third-order valence-corrected chi connectivity index (χ3v) is 4.00. The number of halogens is 2. The lowest BCUT2D eigenvalue weighted by Gasteiger charge is -2.16. The molecule has 0 spiro atoms. The molecule has 22 heavy (non-hydrogen) atoms. The molecule has 1 amide bonds. The van der Waals surface area contributed by atoms with Gasteiger partial charge in [-0.25, -0.2) is 0 Å². The van der Waals surface area contributed by atoms with Gasteiger partial charge in [0.1, 0.15) is 5.75 Å². The number of amides is 1. The average molecular weight is 348 g/mol. The van der Waals surface area contributed by atoms with Gasteiger partial charge in [0.25, 0.3) is 0 Å². The monoisotopic (exact) mass is 347 g/mol. The van der Waals surface area contributed by atoms with Crippen molar-refractivity contribution in [3.05, 3.63) is 28.2 Å². The topological polar surface area (TPSA) is 77.8 Å². The number of carbonyl (C=O) groups excluding carboxylic acids is 1. The highest BCUT2D eigenvalue weighted by Gasteiger charge is 2.22. The van der Waals surface area contributed by atoms with Crippen LogP contribution in [0.15, 0.2) is 18.2 Å². The molecule has 0 radical (unpaired) electrons. The molecule has 1 heterocycles. The van der Waals surface area contributed by atoms with Gasteiger partial charge in [-0.3, -0.25) is 9.59 Å². The van der Waals surface area contributed by atoms with Crippen molar-refractivity contribution in [3.63, 3.8) is 0 Å². The lowest BCUT2D eigenvalue weighted by Crippen LogP contribution is -2.30.